The Bertz CT molecular complexity index is 2490. The number of fused-ring (bicyclic) bond motifs is 1. The van der Waals surface area contributed by atoms with Crippen LogP contribution in [-0.2, 0) is 9.59 Å². The molecule has 3 aromatic heterocycles. The van der Waals surface area contributed by atoms with Gasteiger partial charge in [-0.2, -0.15) is 0 Å². The van der Waals surface area contributed by atoms with Crippen LogP contribution >= 0.6 is 11.3 Å². The van der Waals surface area contributed by atoms with Crippen LogP contribution in [0.2, 0.25) is 0 Å². The molecule has 4 atom stereocenters. The minimum absolute atomic E-state index is 0.0766. The van der Waals surface area contributed by atoms with Crippen molar-refractivity contribution >= 4 is 45.7 Å². The zero-order valence-corrected chi connectivity index (χ0v) is 33.7. The van der Waals surface area contributed by atoms with Crippen molar-refractivity contribution in [2.24, 2.45) is 11.3 Å². The molecular weight excluding hydrogens is 753 g/mol. The Morgan fingerprint density at radius 2 is 1.69 bits per heavy atom. The lowest BCUT2D eigenvalue weighted by Gasteiger charge is -2.60. The molecule has 3 aromatic carbocycles. The van der Waals surface area contributed by atoms with E-state index in [2.05, 4.69) is 47.4 Å². The number of aryl methyl sites for hydroxylation is 1. The normalized spacial score (nSPS) is 19.7. The Balaban J connectivity index is 0.816. The number of anilines is 2. The fourth-order valence-electron chi connectivity index (χ4n) is 8.71. The van der Waals surface area contributed by atoms with E-state index >= 15 is 0 Å². The van der Waals surface area contributed by atoms with Gasteiger partial charge in [-0.25, -0.2) is 14.6 Å². The van der Waals surface area contributed by atoms with E-state index in [1.54, 1.807) is 34.5 Å². The minimum atomic E-state index is -0.805. The maximum atomic E-state index is 14.3. The second-order valence-corrected chi connectivity index (χ2v) is 17.3. The van der Waals surface area contributed by atoms with Crippen molar-refractivity contribution < 1.29 is 19.8 Å². The van der Waals surface area contributed by atoms with E-state index in [0.717, 1.165) is 64.5 Å². The SMILES string of the molecule is Cc1ncsc1-c1ccc([C@H](C)NC(=O)[C@@H]2C[C@@H](O)CN2C(=O)[C@H](C(C)C)n2cnc(N3CC4(CN(c5ccc6cc(-c7ccccc7O)nnc6c5)C4)C3)n2)cc1. The highest BCUT2D eigenvalue weighted by Crippen LogP contribution is 2.44. The van der Waals surface area contributed by atoms with Gasteiger partial charge < -0.3 is 30.2 Å². The molecule has 6 heterocycles. The van der Waals surface area contributed by atoms with Crippen LogP contribution in [0.4, 0.5) is 11.6 Å². The number of carbonyl (C=O) groups excluding carboxylic acids is 2. The predicted molar refractivity (Wildman–Crippen MR) is 222 cm³/mol. The first kappa shape index (κ1) is 37.6. The van der Waals surface area contributed by atoms with Gasteiger partial charge >= 0.3 is 0 Å². The van der Waals surface area contributed by atoms with Gasteiger partial charge in [0.05, 0.1) is 39.4 Å². The van der Waals surface area contributed by atoms with Gasteiger partial charge in [-0.15, -0.1) is 26.6 Å². The number of nitrogens with zero attached hydrogens (tertiary/aromatic N) is 9. The third kappa shape index (κ3) is 6.91. The fourth-order valence-corrected chi connectivity index (χ4v) is 9.52. The largest absolute Gasteiger partial charge is 0.507 e. The van der Waals surface area contributed by atoms with Crippen LogP contribution in [0.25, 0.3) is 32.6 Å². The summed E-state index contributed by atoms with van der Waals surface area (Å²) < 4.78 is 1.62. The molecule has 6 aromatic rings. The molecule has 298 valence electrons. The summed E-state index contributed by atoms with van der Waals surface area (Å²) in [7, 11) is 0. The number of phenolic OH excluding ortho intramolecular Hbond substituents is 1. The highest BCUT2D eigenvalue weighted by Gasteiger charge is 2.53. The summed E-state index contributed by atoms with van der Waals surface area (Å²) in [6, 6.07) is 21.6. The third-order valence-corrected chi connectivity index (χ3v) is 12.8. The van der Waals surface area contributed by atoms with E-state index in [-0.39, 0.29) is 47.9 Å². The summed E-state index contributed by atoms with van der Waals surface area (Å²) in [5, 5.41) is 38.7. The number of aliphatic hydroxyl groups excluding tert-OH is 1. The van der Waals surface area contributed by atoms with Gasteiger partial charge in [-0.05, 0) is 61.2 Å². The number of aromatic nitrogens is 6. The molecule has 3 aliphatic rings. The molecule has 0 bridgehead atoms. The zero-order valence-electron chi connectivity index (χ0n) is 32.9. The lowest BCUT2D eigenvalue weighted by atomic mass is 9.72. The number of carbonyl (C=O) groups is 2. The van der Waals surface area contributed by atoms with E-state index < -0.39 is 18.2 Å². The Labute approximate surface area is 340 Å². The minimum Gasteiger partial charge on any atom is -0.507 e. The van der Waals surface area contributed by atoms with Gasteiger partial charge in [0.2, 0.25) is 17.8 Å². The molecule has 15 heteroatoms. The van der Waals surface area contributed by atoms with Gasteiger partial charge in [0.1, 0.15) is 24.2 Å². The fraction of sp³-hybridized carbons (Fsp3) is 0.372. The maximum absolute atomic E-state index is 14.3. The topological polar surface area (TPSA) is 166 Å². The lowest BCUT2D eigenvalue weighted by molar-refractivity contribution is -0.142. The van der Waals surface area contributed by atoms with Crippen molar-refractivity contribution in [3.05, 3.63) is 95.9 Å². The Morgan fingerprint density at radius 1 is 0.931 bits per heavy atom. The molecule has 0 unspecified atom stereocenters. The van der Waals surface area contributed by atoms with Crippen molar-refractivity contribution in [3.63, 3.8) is 0 Å². The van der Waals surface area contributed by atoms with Crippen molar-refractivity contribution in [1.29, 1.82) is 0 Å². The Hall–Kier alpha value is -5.93. The van der Waals surface area contributed by atoms with Gasteiger partial charge in [0.15, 0.2) is 0 Å². The van der Waals surface area contributed by atoms with Crippen LogP contribution in [0.5, 0.6) is 5.75 Å². The number of benzene rings is 3. The van der Waals surface area contributed by atoms with E-state index in [1.165, 1.54) is 4.90 Å². The van der Waals surface area contributed by atoms with Crippen molar-refractivity contribution in [1.82, 2.24) is 40.2 Å². The molecule has 3 N–H and O–H groups in total. The van der Waals surface area contributed by atoms with Crippen molar-refractivity contribution in [2.75, 3.05) is 42.5 Å². The van der Waals surface area contributed by atoms with Gasteiger partial charge in [0, 0.05) is 61.2 Å². The number of para-hydroxylation sites is 1. The number of thiazole rings is 1. The third-order valence-electron chi connectivity index (χ3n) is 11.8. The number of aliphatic hydroxyl groups is 1. The number of β-amino-alcohol motifs (C(OH)–C–C–N with tert-alkyl or cyclic N) is 1. The van der Waals surface area contributed by atoms with Crippen LogP contribution < -0.4 is 15.1 Å². The van der Waals surface area contributed by atoms with E-state index in [1.807, 2.05) is 81.7 Å². The Morgan fingerprint density at radius 3 is 2.41 bits per heavy atom. The van der Waals surface area contributed by atoms with Crippen molar-refractivity contribution in [3.8, 4) is 27.4 Å². The quantitative estimate of drug-likeness (QED) is 0.163. The number of phenols is 1. The summed E-state index contributed by atoms with van der Waals surface area (Å²) in [5.41, 5.74) is 8.13. The van der Waals surface area contributed by atoms with Gasteiger partial charge in [0.25, 0.3) is 0 Å². The molecule has 0 aliphatic carbocycles. The molecule has 0 radical (unpaired) electrons. The number of likely N-dealkylation sites (tertiary alicyclic amines) is 1. The average molecular weight is 799 g/mol. The lowest BCUT2D eigenvalue weighted by Crippen LogP contribution is -2.72. The molecule has 3 fully saturated rings. The summed E-state index contributed by atoms with van der Waals surface area (Å²) in [4.78, 5) is 44.1. The highest BCUT2D eigenvalue weighted by molar-refractivity contribution is 7.13. The Kier molecular flexibility index (Phi) is 9.59. The first-order valence-corrected chi connectivity index (χ1v) is 20.6. The number of aromatic hydroxyl groups is 1. The van der Waals surface area contributed by atoms with E-state index in [0.29, 0.717) is 17.2 Å². The molecule has 2 amide bonds. The number of hydrogen-bond acceptors (Lipinski definition) is 12. The molecule has 0 saturated carbocycles. The summed E-state index contributed by atoms with van der Waals surface area (Å²) in [6.07, 6.45) is 0.972. The molecule has 1 spiro atoms. The first-order valence-electron chi connectivity index (χ1n) is 19.7. The van der Waals surface area contributed by atoms with Crippen LogP contribution in [0, 0.1) is 18.3 Å². The van der Waals surface area contributed by atoms with Gasteiger partial charge in [-0.1, -0.05) is 56.3 Å². The van der Waals surface area contributed by atoms with Gasteiger partial charge in [-0.3, -0.25) is 9.59 Å². The van der Waals surface area contributed by atoms with E-state index in [9.17, 15) is 19.8 Å². The zero-order chi connectivity index (χ0) is 40.3. The summed E-state index contributed by atoms with van der Waals surface area (Å²) >= 11 is 1.60. The summed E-state index contributed by atoms with van der Waals surface area (Å²) in [5.74, 6) is 0.0500. The molecular formula is C43H46N10O4S. The molecule has 3 aliphatic heterocycles. The second kappa shape index (κ2) is 14.8. The smallest absolute Gasteiger partial charge is 0.248 e. The van der Waals surface area contributed by atoms with E-state index in [4.69, 9.17) is 5.10 Å². The predicted octanol–water partition coefficient (Wildman–Crippen LogP) is 5.39. The van der Waals surface area contributed by atoms with Crippen LogP contribution in [0.1, 0.15) is 50.5 Å². The van der Waals surface area contributed by atoms with Crippen molar-refractivity contribution in [2.45, 2.75) is 58.3 Å². The average Bonchev–Trinajstić information content (AvgIpc) is 3.94. The second-order valence-electron chi connectivity index (χ2n) is 16.4. The van der Waals surface area contributed by atoms with Crippen LogP contribution in [-0.4, -0.2) is 102 Å². The van der Waals surface area contributed by atoms with Crippen LogP contribution in [0.3, 0.4) is 0 Å². The molecule has 14 nitrogen and oxygen atoms in total. The number of amides is 2. The standard InChI is InChI=1S/C43H46N10O4S/c1-25(2)38(41(57)52-18-32(54)17-36(52)40(56)46-26(3)28-9-11-29(12-10-28)39-27(4)45-24-58-39)53-23-44-42(49-53)51-21-43(22-51)19-50(20-43)31-14-13-30-15-35(48-47-34(30)16-31)33-7-5-6-8-37(33)55/h5-16,23-26,32,36,38,54-55H,17-22H2,1-4H3,(H,46,56)/t26-,32+,36-,38-/m0/s1. The first-order chi connectivity index (χ1) is 27.9. The molecule has 9 rings (SSSR count). The monoisotopic (exact) mass is 798 g/mol. The number of nitrogens with one attached hydrogen (secondary N) is 1. The number of rotatable bonds is 10. The molecule has 3 saturated heterocycles. The molecule has 58 heavy (non-hydrogen) atoms. The summed E-state index contributed by atoms with van der Waals surface area (Å²) in [6.45, 7) is 11.3. The van der Waals surface area contributed by atoms with Crippen LogP contribution in [0.15, 0.2) is 84.6 Å². The maximum Gasteiger partial charge on any atom is 0.248 e. The number of hydrogen-bond donors (Lipinski definition) is 3. The highest BCUT2D eigenvalue weighted by atomic mass is 32.1.